The Morgan fingerprint density at radius 3 is 2.68 bits per heavy atom. The van der Waals surface area contributed by atoms with Crippen molar-refractivity contribution in [3.63, 3.8) is 0 Å². The lowest BCUT2D eigenvalue weighted by atomic mass is 10.0. The molecule has 0 radical (unpaired) electrons. The highest BCUT2D eigenvalue weighted by molar-refractivity contribution is 9.08. The van der Waals surface area contributed by atoms with Crippen molar-refractivity contribution in [3.8, 4) is 0 Å². The molecule has 0 saturated carbocycles. The molecule has 2 aliphatic rings. The minimum absolute atomic E-state index is 1.19. The zero-order valence-corrected chi connectivity index (χ0v) is 13.4. The van der Waals surface area contributed by atoms with Crippen LogP contribution in [0.5, 0.6) is 0 Å². The summed E-state index contributed by atoms with van der Waals surface area (Å²) in [4.78, 5) is 2.59. The number of benzene rings is 1. The molecular weight excluding hydrogens is 300 g/mol. The monoisotopic (exact) mass is 323 g/mol. The van der Waals surface area contributed by atoms with Gasteiger partial charge >= 0.3 is 0 Å². The summed E-state index contributed by atoms with van der Waals surface area (Å²) in [5.41, 5.74) is 2.92. The van der Waals surface area contributed by atoms with Crippen LogP contribution in [-0.2, 0) is 6.42 Å². The third kappa shape index (κ3) is 4.15. The van der Waals surface area contributed by atoms with Gasteiger partial charge in [-0.3, -0.25) is 4.90 Å². The quantitative estimate of drug-likeness (QED) is 0.612. The van der Waals surface area contributed by atoms with Gasteiger partial charge in [0.2, 0.25) is 0 Å². The van der Waals surface area contributed by atoms with Crippen molar-refractivity contribution >= 4 is 22.1 Å². The lowest BCUT2D eigenvalue weighted by Gasteiger charge is -2.16. The van der Waals surface area contributed by atoms with Crippen molar-refractivity contribution in [1.82, 2.24) is 4.90 Å². The lowest BCUT2D eigenvalue weighted by Crippen LogP contribution is -2.32. The number of likely N-dealkylation sites (tertiary alicyclic amines) is 1. The van der Waals surface area contributed by atoms with E-state index in [0.29, 0.717) is 0 Å². The van der Waals surface area contributed by atoms with Crippen LogP contribution in [0.25, 0.3) is 0 Å². The second kappa shape index (κ2) is 7.81. The van der Waals surface area contributed by atoms with Gasteiger partial charge in [-0.25, -0.2) is 4.58 Å². The molecule has 0 bridgehead atoms. The average molecular weight is 324 g/mol. The Kier molecular flexibility index (Phi) is 6.05. The van der Waals surface area contributed by atoms with E-state index in [9.17, 15) is 0 Å². The number of rotatable bonds is 3. The number of hydrogen-bond acceptors (Lipinski definition) is 1. The van der Waals surface area contributed by atoms with Crippen LogP contribution >= 0.6 is 15.9 Å². The van der Waals surface area contributed by atoms with E-state index in [2.05, 4.69) is 55.9 Å². The Hall–Kier alpha value is -0.670. The Bertz CT molecular complexity index is 423. The first kappa shape index (κ1) is 14.7. The van der Waals surface area contributed by atoms with Gasteiger partial charge in [0.05, 0.1) is 6.54 Å². The van der Waals surface area contributed by atoms with Crippen LogP contribution in [0.4, 0.5) is 0 Å². The number of halogens is 1. The summed E-state index contributed by atoms with van der Waals surface area (Å²) in [6.07, 6.45) is 6.33. The van der Waals surface area contributed by atoms with Crippen LogP contribution in [-0.4, -0.2) is 54.2 Å². The summed E-state index contributed by atoms with van der Waals surface area (Å²) in [7, 11) is 0. The van der Waals surface area contributed by atoms with E-state index in [1.54, 1.807) is 0 Å². The average Bonchev–Trinajstić information content (AvgIpc) is 3.00. The molecule has 0 aliphatic carbocycles. The summed E-state index contributed by atoms with van der Waals surface area (Å²) in [6.45, 7) is 6.23. The Morgan fingerprint density at radius 2 is 1.89 bits per heavy atom. The van der Waals surface area contributed by atoms with Gasteiger partial charge in [-0.05, 0) is 43.4 Å². The molecule has 0 unspecified atom stereocenters. The van der Waals surface area contributed by atoms with Gasteiger partial charge in [0.15, 0.2) is 12.8 Å². The summed E-state index contributed by atoms with van der Waals surface area (Å²) in [5.74, 6) is 1.81. The van der Waals surface area contributed by atoms with Gasteiger partial charge in [0.1, 0.15) is 6.54 Å². The molecule has 3 heteroatoms. The molecule has 1 fully saturated rings. The minimum Gasteiger partial charge on any atom is -0.297 e. The molecule has 1 saturated heterocycles. The SMILES string of the molecule is C1=[N+](CCN2CCCC2)CCc2ccccc21.CBr. The molecule has 2 heterocycles. The molecule has 1 aromatic rings. The normalized spacial score (nSPS) is 18.3. The zero-order chi connectivity index (χ0) is 13.5. The molecule has 0 spiro atoms. The lowest BCUT2D eigenvalue weighted by molar-refractivity contribution is -0.524. The van der Waals surface area contributed by atoms with Crippen LogP contribution in [0, 0.1) is 0 Å². The van der Waals surface area contributed by atoms with Gasteiger partial charge < -0.3 is 0 Å². The van der Waals surface area contributed by atoms with Crippen molar-refractivity contribution in [3.05, 3.63) is 35.4 Å². The second-order valence-electron chi connectivity index (χ2n) is 5.16. The van der Waals surface area contributed by atoms with Crippen LogP contribution in [0.2, 0.25) is 0 Å². The number of nitrogens with zero attached hydrogens (tertiary/aromatic N) is 2. The number of hydrogen-bond donors (Lipinski definition) is 0. The van der Waals surface area contributed by atoms with Gasteiger partial charge in [-0.15, -0.1) is 0 Å². The predicted molar refractivity (Wildman–Crippen MR) is 85.8 cm³/mol. The molecule has 0 amide bonds. The van der Waals surface area contributed by atoms with Crippen molar-refractivity contribution in [2.24, 2.45) is 0 Å². The van der Waals surface area contributed by atoms with Crippen LogP contribution in [0.15, 0.2) is 24.3 Å². The van der Waals surface area contributed by atoms with Crippen molar-refractivity contribution in [2.75, 3.05) is 38.6 Å². The fraction of sp³-hybridized carbons (Fsp3) is 0.562. The van der Waals surface area contributed by atoms with Gasteiger partial charge in [-0.2, -0.15) is 0 Å². The van der Waals surface area contributed by atoms with Crippen LogP contribution < -0.4 is 0 Å². The molecule has 1 aromatic carbocycles. The van der Waals surface area contributed by atoms with E-state index < -0.39 is 0 Å². The molecule has 0 aromatic heterocycles. The van der Waals surface area contributed by atoms with Crippen molar-refractivity contribution in [2.45, 2.75) is 19.3 Å². The van der Waals surface area contributed by atoms with E-state index in [4.69, 9.17) is 0 Å². The molecule has 2 aliphatic heterocycles. The molecular formula is C16H24BrN2+. The van der Waals surface area contributed by atoms with Gasteiger partial charge in [0.25, 0.3) is 0 Å². The van der Waals surface area contributed by atoms with E-state index in [0.717, 1.165) is 0 Å². The Labute approximate surface area is 125 Å². The molecule has 0 atom stereocenters. The maximum Gasteiger partial charge on any atom is 0.171 e. The molecule has 3 rings (SSSR count). The molecule has 0 N–H and O–H groups in total. The zero-order valence-electron chi connectivity index (χ0n) is 11.8. The highest BCUT2D eigenvalue weighted by Crippen LogP contribution is 2.11. The fourth-order valence-corrected chi connectivity index (χ4v) is 2.87. The first-order chi connectivity index (χ1) is 9.42. The molecule has 19 heavy (non-hydrogen) atoms. The highest BCUT2D eigenvalue weighted by atomic mass is 79.9. The van der Waals surface area contributed by atoms with Crippen molar-refractivity contribution in [1.29, 1.82) is 0 Å². The third-order valence-corrected chi connectivity index (χ3v) is 3.95. The van der Waals surface area contributed by atoms with Crippen molar-refractivity contribution < 1.29 is 4.58 Å². The Balaban J connectivity index is 0.000000637. The minimum atomic E-state index is 1.19. The number of fused-ring (bicyclic) bond motifs is 1. The topological polar surface area (TPSA) is 6.25 Å². The van der Waals surface area contributed by atoms with E-state index in [-0.39, 0.29) is 0 Å². The summed E-state index contributed by atoms with van der Waals surface area (Å²) < 4.78 is 2.49. The molecule has 2 nitrogen and oxygen atoms in total. The largest absolute Gasteiger partial charge is 0.297 e. The van der Waals surface area contributed by atoms with Gasteiger partial charge in [-0.1, -0.05) is 34.1 Å². The predicted octanol–water partition coefficient (Wildman–Crippen LogP) is 2.78. The third-order valence-electron chi connectivity index (χ3n) is 3.95. The summed E-state index contributed by atoms with van der Waals surface area (Å²) in [6, 6.07) is 8.77. The maximum absolute atomic E-state index is 2.94. The molecule has 104 valence electrons. The van der Waals surface area contributed by atoms with E-state index in [1.165, 1.54) is 63.1 Å². The summed E-state index contributed by atoms with van der Waals surface area (Å²) in [5, 5.41) is 0. The standard InChI is InChI=1S/C15H21N2.CH3Br/c1-2-6-15-13-17(10-7-14(15)5-1)12-11-16-8-3-4-9-16;1-2/h1-2,5-6,13H,3-4,7-12H2;1H3/q+1;. The highest BCUT2D eigenvalue weighted by Gasteiger charge is 2.17. The van der Waals surface area contributed by atoms with E-state index in [1.807, 2.05) is 5.83 Å². The number of alkyl halides is 1. The van der Waals surface area contributed by atoms with Crippen LogP contribution in [0.1, 0.15) is 24.0 Å². The maximum atomic E-state index is 2.94. The second-order valence-corrected chi connectivity index (χ2v) is 5.16. The fourth-order valence-electron chi connectivity index (χ4n) is 2.87. The smallest absolute Gasteiger partial charge is 0.171 e. The van der Waals surface area contributed by atoms with Gasteiger partial charge in [0, 0.05) is 12.0 Å². The van der Waals surface area contributed by atoms with E-state index >= 15 is 0 Å². The first-order valence-corrected chi connectivity index (χ1v) is 8.77. The van der Waals surface area contributed by atoms with Crippen LogP contribution in [0.3, 0.4) is 0 Å². The first-order valence-electron chi connectivity index (χ1n) is 7.19. The summed E-state index contributed by atoms with van der Waals surface area (Å²) >= 11 is 2.94. The Morgan fingerprint density at radius 1 is 1.16 bits per heavy atom.